The molecule has 146 valence electrons. The van der Waals surface area contributed by atoms with E-state index in [0.717, 1.165) is 43.2 Å². The van der Waals surface area contributed by atoms with Crippen molar-refractivity contribution in [3.8, 4) is 11.4 Å². The van der Waals surface area contributed by atoms with Gasteiger partial charge >= 0.3 is 0 Å². The second-order valence-corrected chi connectivity index (χ2v) is 6.74. The van der Waals surface area contributed by atoms with E-state index in [-0.39, 0.29) is 5.91 Å². The van der Waals surface area contributed by atoms with Gasteiger partial charge in [0, 0.05) is 19.2 Å². The van der Waals surface area contributed by atoms with Gasteiger partial charge in [0.2, 0.25) is 5.95 Å². The molecule has 9 heteroatoms. The normalized spacial score (nSPS) is 14.8. The molecule has 3 aromatic rings. The van der Waals surface area contributed by atoms with Gasteiger partial charge in [-0.25, -0.2) is 9.36 Å². The first kappa shape index (κ1) is 18.2. The van der Waals surface area contributed by atoms with Crippen LogP contribution in [-0.2, 0) is 7.05 Å². The zero-order valence-electron chi connectivity index (χ0n) is 15.9. The number of ether oxygens (including phenoxy) is 1. The van der Waals surface area contributed by atoms with Crippen LogP contribution in [-0.4, -0.2) is 50.7 Å². The third-order valence-electron chi connectivity index (χ3n) is 4.87. The summed E-state index contributed by atoms with van der Waals surface area (Å²) in [6, 6.07) is 9.11. The third-order valence-corrected chi connectivity index (χ3v) is 4.87. The van der Waals surface area contributed by atoms with Crippen LogP contribution in [0, 0.1) is 0 Å². The van der Waals surface area contributed by atoms with E-state index in [1.165, 1.54) is 0 Å². The fourth-order valence-electron chi connectivity index (χ4n) is 3.26. The second-order valence-electron chi connectivity index (χ2n) is 6.74. The van der Waals surface area contributed by atoms with Crippen LogP contribution in [0.25, 0.3) is 5.69 Å². The predicted molar refractivity (Wildman–Crippen MR) is 104 cm³/mol. The van der Waals surface area contributed by atoms with Gasteiger partial charge in [-0.2, -0.15) is 15.2 Å². The minimum atomic E-state index is -0.320. The van der Waals surface area contributed by atoms with Gasteiger partial charge in [-0.1, -0.05) is 0 Å². The third kappa shape index (κ3) is 3.74. The fourth-order valence-corrected chi connectivity index (χ4v) is 3.26. The van der Waals surface area contributed by atoms with Crippen molar-refractivity contribution in [2.45, 2.75) is 18.8 Å². The maximum Gasteiger partial charge on any atom is 0.278 e. The molecule has 1 aliphatic heterocycles. The van der Waals surface area contributed by atoms with Gasteiger partial charge in [0.25, 0.3) is 5.91 Å². The van der Waals surface area contributed by atoms with Gasteiger partial charge in [-0.05, 0) is 56.3 Å². The molecule has 2 N–H and O–H groups in total. The molecular formula is C19H23N7O2. The van der Waals surface area contributed by atoms with Crippen LogP contribution in [0.4, 0.5) is 5.95 Å². The Morgan fingerprint density at radius 3 is 2.64 bits per heavy atom. The summed E-state index contributed by atoms with van der Waals surface area (Å²) in [6.07, 6.45) is 3.75. The zero-order valence-corrected chi connectivity index (χ0v) is 15.9. The molecule has 1 fully saturated rings. The summed E-state index contributed by atoms with van der Waals surface area (Å²) < 4.78 is 8.41. The van der Waals surface area contributed by atoms with Crippen LogP contribution in [0.1, 0.15) is 35.1 Å². The molecule has 0 unspecified atom stereocenters. The molecule has 0 atom stereocenters. The largest absolute Gasteiger partial charge is 0.497 e. The number of carbonyl (C=O) groups excluding carboxylic acids is 1. The molecule has 0 aliphatic carbocycles. The number of nitrogens with one attached hydrogen (secondary N) is 2. The van der Waals surface area contributed by atoms with Crippen molar-refractivity contribution < 1.29 is 9.53 Å². The van der Waals surface area contributed by atoms with E-state index in [1.54, 1.807) is 35.8 Å². The smallest absolute Gasteiger partial charge is 0.278 e. The summed E-state index contributed by atoms with van der Waals surface area (Å²) in [4.78, 5) is 17.1. The van der Waals surface area contributed by atoms with Crippen molar-refractivity contribution in [1.29, 1.82) is 0 Å². The Morgan fingerprint density at radius 2 is 1.93 bits per heavy atom. The standard InChI is InChI=1S/C19H23N7O2/c1-25-19(21-17(24-25)13-7-10-20-11-8-13)22-18(27)16-9-12-26(23-16)14-3-5-15(28-2)6-4-14/h3-6,9,12-13,20H,7-8,10-11H2,1-2H3,(H,21,22,24,27). The molecule has 1 amide bonds. The summed E-state index contributed by atoms with van der Waals surface area (Å²) in [5, 5.41) is 15.0. The molecular weight excluding hydrogens is 358 g/mol. The first-order valence-electron chi connectivity index (χ1n) is 9.27. The lowest BCUT2D eigenvalue weighted by molar-refractivity contribution is 0.102. The molecule has 3 heterocycles. The topological polar surface area (TPSA) is 98.9 Å². The van der Waals surface area contributed by atoms with Gasteiger partial charge in [0.05, 0.1) is 12.8 Å². The number of aromatic nitrogens is 5. The van der Waals surface area contributed by atoms with E-state index in [4.69, 9.17) is 4.74 Å². The van der Waals surface area contributed by atoms with E-state index in [2.05, 4.69) is 25.8 Å². The molecule has 28 heavy (non-hydrogen) atoms. The Morgan fingerprint density at radius 1 is 1.18 bits per heavy atom. The van der Waals surface area contributed by atoms with E-state index < -0.39 is 0 Å². The summed E-state index contributed by atoms with van der Waals surface area (Å²) in [6.45, 7) is 1.93. The molecule has 2 aromatic heterocycles. The Kier molecular flexibility index (Phi) is 5.07. The lowest BCUT2D eigenvalue weighted by atomic mass is 9.98. The van der Waals surface area contributed by atoms with Gasteiger partial charge in [-0.15, -0.1) is 0 Å². The molecule has 9 nitrogen and oxygen atoms in total. The van der Waals surface area contributed by atoms with E-state index in [1.807, 2.05) is 24.3 Å². The number of nitrogens with zero attached hydrogens (tertiary/aromatic N) is 5. The minimum Gasteiger partial charge on any atom is -0.497 e. The van der Waals surface area contributed by atoms with Gasteiger partial charge in [0.15, 0.2) is 11.5 Å². The summed E-state index contributed by atoms with van der Waals surface area (Å²) in [5.74, 6) is 1.98. The van der Waals surface area contributed by atoms with Crippen LogP contribution in [0.2, 0.25) is 0 Å². The summed E-state index contributed by atoms with van der Waals surface area (Å²) >= 11 is 0. The van der Waals surface area contributed by atoms with Gasteiger partial charge in [0.1, 0.15) is 5.75 Å². The Bertz CT molecular complexity index is 955. The lowest BCUT2D eigenvalue weighted by Gasteiger charge is -2.19. The number of benzene rings is 1. The van der Waals surface area contributed by atoms with Crippen LogP contribution >= 0.6 is 0 Å². The Hall–Kier alpha value is -3.20. The quantitative estimate of drug-likeness (QED) is 0.698. The first-order chi connectivity index (χ1) is 13.6. The van der Waals surface area contributed by atoms with Crippen LogP contribution in [0.5, 0.6) is 5.75 Å². The maximum absolute atomic E-state index is 12.6. The highest BCUT2D eigenvalue weighted by molar-refractivity contribution is 6.01. The number of rotatable bonds is 5. The first-order valence-corrected chi connectivity index (χ1v) is 9.27. The van der Waals surface area contributed by atoms with Crippen molar-refractivity contribution in [1.82, 2.24) is 29.9 Å². The van der Waals surface area contributed by atoms with E-state index >= 15 is 0 Å². The molecule has 0 bridgehead atoms. The van der Waals surface area contributed by atoms with Crippen molar-refractivity contribution in [3.05, 3.63) is 48.0 Å². The monoisotopic (exact) mass is 381 g/mol. The van der Waals surface area contributed by atoms with Crippen LogP contribution in [0.3, 0.4) is 0 Å². The predicted octanol–water partition coefficient (Wildman–Crippen LogP) is 1.73. The average Bonchev–Trinajstić information content (AvgIpc) is 3.36. The maximum atomic E-state index is 12.6. The molecule has 0 saturated carbocycles. The van der Waals surface area contributed by atoms with Crippen molar-refractivity contribution in [2.75, 3.05) is 25.5 Å². The number of amides is 1. The number of hydrogen-bond acceptors (Lipinski definition) is 6. The summed E-state index contributed by atoms with van der Waals surface area (Å²) in [7, 11) is 3.40. The van der Waals surface area contributed by atoms with E-state index in [9.17, 15) is 4.79 Å². The Labute approximate surface area is 162 Å². The number of carbonyl (C=O) groups is 1. The average molecular weight is 381 g/mol. The molecule has 1 aliphatic rings. The van der Waals surface area contributed by atoms with Gasteiger partial charge in [-0.3, -0.25) is 10.1 Å². The van der Waals surface area contributed by atoms with E-state index in [0.29, 0.717) is 17.6 Å². The minimum absolute atomic E-state index is 0.308. The number of anilines is 1. The highest BCUT2D eigenvalue weighted by Crippen LogP contribution is 2.23. The van der Waals surface area contributed by atoms with Crippen molar-refractivity contribution in [3.63, 3.8) is 0 Å². The number of aryl methyl sites for hydroxylation is 1. The number of piperidine rings is 1. The molecule has 1 aromatic carbocycles. The molecule has 0 spiro atoms. The number of hydrogen-bond donors (Lipinski definition) is 2. The fraction of sp³-hybridized carbons (Fsp3) is 0.368. The molecule has 4 rings (SSSR count). The highest BCUT2D eigenvalue weighted by atomic mass is 16.5. The van der Waals surface area contributed by atoms with Crippen molar-refractivity contribution in [2.24, 2.45) is 7.05 Å². The summed E-state index contributed by atoms with van der Waals surface area (Å²) in [5.41, 5.74) is 1.15. The Balaban J connectivity index is 1.46. The van der Waals surface area contributed by atoms with Crippen LogP contribution < -0.4 is 15.4 Å². The van der Waals surface area contributed by atoms with Crippen molar-refractivity contribution >= 4 is 11.9 Å². The van der Waals surface area contributed by atoms with Crippen LogP contribution in [0.15, 0.2) is 36.5 Å². The number of methoxy groups -OCH3 is 1. The lowest BCUT2D eigenvalue weighted by Crippen LogP contribution is -2.27. The SMILES string of the molecule is COc1ccc(-n2ccc(C(=O)Nc3nc(C4CCNCC4)nn3C)n2)cc1. The second kappa shape index (κ2) is 7.81. The molecule has 0 radical (unpaired) electrons. The molecule has 1 saturated heterocycles. The van der Waals surface area contributed by atoms with Gasteiger partial charge < -0.3 is 10.1 Å². The zero-order chi connectivity index (χ0) is 19.5. The highest BCUT2D eigenvalue weighted by Gasteiger charge is 2.22.